The molecule has 188 valence electrons. The van der Waals surface area contributed by atoms with Gasteiger partial charge in [-0.25, -0.2) is 0 Å². The summed E-state index contributed by atoms with van der Waals surface area (Å²) in [5, 5.41) is 0. The van der Waals surface area contributed by atoms with Gasteiger partial charge in [-0.15, -0.1) is 0 Å². The molecule has 0 aliphatic heterocycles. The molecule has 0 nitrogen and oxygen atoms in total. The molecule has 0 aromatic rings. The van der Waals surface area contributed by atoms with Crippen molar-refractivity contribution in [3.63, 3.8) is 0 Å². The third-order valence-corrected chi connectivity index (χ3v) is 9.82. The molecule has 0 aromatic carbocycles. The molecular formula is C31H64. The fourth-order valence-electron chi connectivity index (χ4n) is 10.9. The molecule has 31 heavy (non-hydrogen) atoms. The number of rotatable bonds is 3. The predicted octanol–water partition coefficient (Wildman–Crippen LogP) is 10.9. The molecule has 0 radical (unpaired) electrons. The van der Waals surface area contributed by atoms with Crippen LogP contribution in [0, 0.1) is 54.7 Å². The number of hydrogen-bond acceptors (Lipinski definition) is 0. The first-order valence-electron chi connectivity index (χ1n) is 12.9. The van der Waals surface area contributed by atoms with E-state index < -0.39 is 0 Å². The summed E-state index contributed by atoms with van der Waals surface area (Å²) in [5.74, 6) is 0.523. The van der Waals surface area contributed by atoms with Gasteiger partial charge in [-0.3, -0.25) is 0 Å². The van der Waals surface area contributed by atoms with Crippen LogP contribution in [0.1, 0.15) is 145 Å². The second-order valence-electron chi connectivity index (χ2n) is 17.3. The summed E-state index contributed by atoms with van der Waals surface area (Å²) < 4.78 is 0. The van der Waals surface area contributed by atoms with Gasteiger partial charge in [0, 0.05) is 0 Å². The van der Waals surface area contributed by atoms with Crippen LogP contribution >= 0.6 is 0 Å². The lowest BCUT2D eigenvalue weighted by atomic mass is 9.21. The molecule has 0 heteroatoms. The first-order valence-corrected chi connectivity index (χ1v) is 12.9. The van der Waals surface area contributed by atoms with Crippen LogP contribution in [0.3, 0.4) is 0 Å². The molecule has 0 fully saturated rings. The van der Waals surface area contributed by atoms with E-state index in [1.165, 1.54) is 0 Å². The van der Waals surface area contributed by atoms with Crippen LogP contribution in [0.2, 0.25) is 0 Å². The van der Waals surface area contributed by atoms with Crippen molar-refractivity contribution in [2.45, 2.75) is 145 Å². The molecule has 0 heterocycles. The van der Waals surface area contributed by atoms with Crippen molar-refractivity contribution in [3.8, 4) is 0 Å². The molecule has 0 spiro atoms. The van der Waals surface area contributed by atoms with Crippen LogP contribution in [-0.2, 0) is 0 Å². The zero-order valence-corrected chi connectivity index (χ0v) is 26.1. The maximum Gasteiger partial charge on any atom is -0.00676 e. The lowest BCUT2D eigenvalue weighted by Crippen LogP contribution is -2.78. The van der Waals surface area contributed by atoms with Gasteiger partial charge in [0.2, 0.25) is 0 Å². The topological polar surface area (TPSA) is 0 Å². The average molecular weight is 437 g/mol. The summed E-state index contributed by atoms with van der Waals surface area (Å²) in [7, 11) is 0. The third kappa shape index (κ3) is 3.87. The molecule has 0 bridgehead atoms. The van der Waals surface area contributed by atoms with E-state index in [2.05, 4.69) is 145 Å². The van der Waals surface area contributed by atoms with Gasteiger partial charge < -0.3 is 0 Å². The second-order valence-corrected chi connectivity index (χ2v) is 17.3. The Bertz CT molecular complexity index is 558. The minimum atomic E-state index is 0.00116. The standard InChI is InChI=1S/C31H64/c1-22(2)30(25(9,10)11,26(12,13)14)31(27(15,16)17,28(18,19)20)29(21,23(3,4)5)24(6,7)8/h22H,1-21H3. The van der Waals surface area contributed by atoms with Crippen molar-refractivity contribution < 1.29 is 0 Å². The minimum absolute atomic E-state index is 0.00116. The van der Waals surface area contributed by atoms with Crippen molar-refractivity contribution in [3.05, 3.63) is 0 Å². The van der Waals surface area contributed by atoms with Crippen LogP contribution in [0.5, 0.6) is 0 Å². The highest BCUT2D eigenvalue weighted by molar-refractivity contribution is 5.26. The summed E-state index contributed by atoms with van der Waals surface area (Å²) in [4.78, 5) is 0. The molecule has 0 aromatic heterocycles. The highest BCUT2D eigenvalue weighted by atomic mass is 14.8. The van der Waals surface area contributed by atoms with Crippen molar-refractivity contribution in [1.29, 1.82) is 0 Å². The second kappa shape index (κ2) is 7.77. The summed E-state index contributed by atoms with van der Waals surface area (Å²) in [5.41, 5.74) is 0.686. The highest BCUT2D eigenvalue weighted by Crippen LogP contribution is 2.84. The Balaban J connectivity index is 8.87. The maximum absolute atomic E-state index is 2.66. The lowest BCUT2D eigenvalue weighted by molar-refractivity contribution is -0.354. The Labute approximate surface area is 200 Å². The quantitative estimate of drug-likeness (QED) is 0.412. The molecule has 0 amide bonds. The Hall–Kier alpha value is 0. The lowest BCUT2D eigenvalue weighted by Gasteiger charge is -2.82. The molecule has 0 aliphatic rings. The first-order chi connectivity index (χ1) is 12.9. The van der Waals surface area contributed by atoms with Gasteiger partial charge >= 0.3 is 0 Å². The zero-order valence-electron chi connectivity index (χ0n) is 26.1. The SMILES string of the molecule is CC(C)C(C(C)(C)C)(C(C)(C)C)C(C(C)(C)C)(C(C)(C)C)C(C)(C(C)(C)C)C(C)(C)C. The zero-order chi connectivity index (χ0) is 26.1. The normalized spacial score (nSPS) is 16.8. The number of hydrogen-bond donors (Lipinski definition) is 0. The highest BCUT2D eigenvalue weighted by Gasteiger charge is 2.79. The smallest absolute Gasteiger partial charge is 0.00676 e. The van der Waals surface area contributed by atoms with Crippen molar-refractivity contribution in [1.82, 2.24) is 0 Å². The van der Waals surface area contributed by atoms with Gasteiger partial charge in [0.15, 0.2) is 0 Å². The monoisotopic (exact) mass is 437 g/mol. The Morgan fingerprint density at radius 1 is 0.323 bits per heavy atom. The van der Waals surface area contributed by atoms with Crippen LogP contribution in [0.15, 0.2) is 0 Å². The van der Waals surface area contributed by atoms with E-state index in [1.54, 1.807) is 0 Å². The van der Waals surface area contributed by atoms with Crippen LogP contribution in [0.25, 0.3) is 0 Å². The average Bonchev–Trinajstić information content (AvgIpc) is 2.34. The van der Waals surface area contributed by atoms with E-state index in [4.69, 9.17) is 0 Å². The first kappa shape index (κ1) is 31.0. The molecule has 0 rings (SSSR count). The van der Waals surface area contributed by atoms with Crippen molar-refractivity contribution in [2.24, 2.45) is 54.7 Å². The Kier molecular flexibility index (Phi) is 7.77. The fraction of sp³-hybridized carbons (Fsp3) is 1.00. The van der Waals surface area contributed by atoms with Gasteiger partial charge in [0.05, 0.1) is 0 Å². The molecule has 0 N–H and O–H groups in total. The van der Waals surface area contributed by atoms with E-state index >= 15 is 0 Å². The largest absolute Gasteiger partial charge is 0.0622 e. The molecule has 0 aliphatic carbocycles. The van der Waals surface area contributed by atoms with E-state index in [0.717, 1.165) is 0 Å². The Morgan fingerprint density at radius 3 is 0.645 bits per heavy atom. The predicted molar refractivity (Wildman–Crippen MR) is 145 cm³/mol. The van der Waals surface area contributed by atoms with Crippen molar-refractivity contribution in [2.75, 3.05) is 0 Å². The molecule has 0 saturated heterocycles. The van der Waals surface area contributed by atoms with Gasteiger partial charge in [0.1, 0.15) is 0 Å². The molecule has 0 unspecified atom stereocenters. The van der Waals surface area contributed by atoms with E-state index in [9.17, 15) is 0 Å². The molecular weight excluding hydrogens is 372 g/mol. The molecule has 0 atom stereocenters. The summed E-state index contributed by atoms with van der Waals surface area (Å²) >= 11 is 0. The summed E-state index contributed by atoms with van der Waals surface area (Å²) in [6.45, 7) is 53.4. The van der Waals surface area contributed by atoms with Crippen molar-refractivity contribution >= 4 is 0 Å². The van der Waals surface area contributed by atoms with Gasteiger partial charge in [-0.1, -0.05) is 145 Å². The maximum atomic E-state index is 2.66. The fourth-order valence-corrected chi connectivity index (χ4v) is 10.9. The van der Waals surface area contributed by atoms with E-state index in [0.29, 0.717) is 5.92 Å². The van der Waals surface area contributed by atoms with Gasteiger partial charge in [-0.05, 0) is 54.7 Å². The minimum Gasteiger partial charge on any atom is -0.0622 e. The van der Waals surface area contributed by atoms with Crippen LogP contribution in [0.4, 0.5) is 0 Å². The van der Waals surface area contributed by atoms with Gasteiger partial charge in [-0.2, -0.15) is 0 Å². The van der Waals surface area contributed by atoms with Crippen LogP contribution in [-0.4, -0.2) is 0 Å². The van der Waals surface area contributed by atoms with Crippen LogP contribution < -0.4 is 0 Å². The van der Waals surface area contributed by atoms with Gasteiger partial charge in [0.25, 0.3) is 0 Å². The molecule has 0 saturated carbocycles. The Morgan fingerprint density at radius 2 is 0.548 bits per heavy atom. The van der Waals surface area contributed by atoms with E-state index in [-0.39, 0.29) is 48.7 Å². The summed E-state index contributed by atoms with van der Waals surface area (Å²) in [6.07, 6.45) is 0. The third-order valence-electron chi connectivity index (χ3n) is 9.82. The van der Waals surface area contributed by atoms with E-state index in [1.807, 2.05) is 0 Å². The summed E-state index contributed by atoms with van der Waals surface area (Å²) in [6, 6.07) is 0.